The van der Waals surface area contributed by atoms with Crippen LogP contribution in [0.25, 0.3) is 0 Å². The Bertz CT molecular complexity index is 459. The number of hydrogen-bond acceptors (Lipinski definition) is 4. The van der Waals surface area contributed by atoms with E-state index in [-0.39, 0.29) is 4.90 Å². The van der Waals surface area contributed by atoms with Crippen LogP contribution in [0.15, 0.2) is 33.7 Å². The lowest BCUT2D eigenvalue weighted by Gasteiger charge is -1.98. The third-order valence-corrected chi connectivity index (χ3v) is 2.67. The number of benzene rings is 1. The van der Waals surface area contributed by atoms with Gasteiger partial charge in [-0.25, -0.2) is 0 Å². The first-order chi connectivity index (χ1) is 6.60. The highest BCUT2D eigenvalue weighted by molar-refractivity contribution is 7.90. The standard InChI is InChI=1S/C7H8N3O3S/c1-13-6-2-4-7(5-3-6)14(11,12)10-9-8/h2-5,8H,1H3/q+1. The minimum Gasteiger partial charge on any atom is -0.497 e. The molecule has 0 aliphatic carbocycles. The SMILES string of the molecule is COc1ccc(S(=O)(=O)N=[N+]=N)cc1. The quantitative estimate of drug-likeness (QED) is 0.599. The number of rotatable bonds is 3. The van der Waals surface area contributed by atoms with Gasteiger partial charge in [-0.3, -0.25) is 0 Å². The van der Waals surface area contributed by atoms with Crippen LogP contribution < -0.4 is 9.65 Å². The van der Waals surface area contributed by atoms with Gasteiger partial charge < -0.3 is 4.74 Å². The van der Waals surface area contributed by atoms with Crippen LogP contribution >= 0.6 is 0 Å². The van der Waals surface area contributed by atoms with Crippen LogP contribution in [0.5, 0.6) is 5.75 Å². The molecule has 74 valence electrons. The third kappa shape index (κ3) is 2.15. The van der Waals surface area contributed by atoms with Gasteiger partial charge in [-0.2, -0.15) is 8.42 Å². The van der Waals surface area contributed by atoms with E-state index >= 15 is 0 Å². The van der Waals surface area contributed by atoms with Gasteiger partial charge in [-0.05, 0) is 24.3 Å². The molecule has 0 bridgehead atoms. The molecule has 0 radical (unpaired) electrons. The predicted molar refractivity (Wildman–Crippen MR) is 47.5 cm³/mol. The summed E-state index contributed by atoms with van der Waals surface area (Å²) in [5.41, 5.74) is 6.34. The lowest BCUT2D eigenvalue weighted by molar-refractivity contribution is 0.414. The zero-order valence-electron chi connectivity index (χ0n) is 7.34. The molecule has 7 heteroatoms. The van der Waals surface area contributed by atoms with E-state index in [4.69, 9.17) is 10.3 Å². The van der Waals surface area contributed by atoms with Crippen molar-refractivity contribution in [2.45, 2.75) is 4.90 Å². The largest absolute Gasteiger partial charge is 0.497 e. The van der Waals surface area contributed by atoms with Gasteiger partial charge in [0, 0.05) is 0 Å². The number of nitrogens with one attached hydrogen (secondary N) is 1. The molecular weight excluding hydrogens is 206 g/mol. The first-order valence-corrected chi connectivity index (χ1v) is 5.02. The normalized spacial score (nSPS) is 10.4. The summed E-state index contributed by atoms with van der Waals surface area (Å²) in [5, 5.41) is 0. The molecule has 0 heterocycles. The van der Waals surface area contributed by atoms with E-state index in [1.807, 2.05) is 0 Å². The van der Waals surface area contributed by atoms with E-state index < -0.39 is 10.0 Å². The fraction of sp³-hybridized carbons (Fsp3) is 0.143. The Labute approximate surface area is 80.8 Å². The molecule has 1 N–H and O–H groups in total. The molecule has 0 spiro atoms. The second-order valence-corrected chi connectivity index (χ2v) is 3.92. The maximum atomic E-state index is 11.2. The fourth-order valence-corrected chi connectivity index (χ4v) is 1.53. The van der Waals surface area contributed by atoms with Gasteiger partial charge in [0.2, 0.25) is 4.91 Å². The van der Waals surface area contributed by atoms with Crippen LogP contribution in [-0.4, -0.2) is 15.5 Å². The first kappa shape index (κ1) is 10.4. The smallest absolute Gasteiger partial charge is 0.355 e. The third-order valence-electron chi connectivity index (χ3n) is 1.51. The molecule has 1 aromatic carbocycles. The number of sulfonamides is 1. The highest BCUT2D eigenvalue weighted by Crippen LogP contribution is 2.16. The van der Waals surface area contributed by atoms with Crippen molar-refractivity contribution in [1.29, 1.82) is 5.53 Å². The Morgan fingerprint density at radius 2 is 1.93 bits per heavy atom. The van der Waals surface area contributed by atoms with Crippen LogP contribution in [0, 0.1) is 5.53 Å². The molecule has 0 aliphatic heterocycles. The van der Waals surface area contributed by atoms with Gasteiger partial charge in [-0.1, -0.05) is 0 Å². The van der Waals surface area contributed by atoms with E-state index in [0.29, 0.717) is 5.75 Å². The number of methoxy groups -OCH3 is 1. The van der Waals surface area contributed by atoms with Crippen LogP contribution in [0.3, 0.4) is 0 Å². The summed E-state index contributed by atoms with van der Waals surface area (Å²) in [6.07, 6.45) is 0. The van der Waals surface area contributed by atoms with Crippen molar-refractivity contribution in [3.05, 3.63) is 24.3 Å². The molecule has 1 aromatic rings. The molecule has 0 amide bonds. The van der Waals surface area contributed by atoms with Crippen LogP contribution in [0.1, 0.15) is 0 Å². The zero-order chi connectivity index (χ0) is 10.6. The van der Waals surface area contributed by atoms with Gasteiger partial charge in [0.1, 0.15) is 11.3 Å². The number of nitrogens with zero attached hydrogens (tertiary/aromatic N) is 2. The van der Waals surface area contributed by atoms with Crippen molar-refractivity contribution < 1.29 is 13.2 Å². The second-order valence-electron chi connectivity index (χ2n) is 2.33. The summed E-state index contributed by atoms with van der Waals surface area (Å²) in [5.74, 6) is 0.548. The maximum Gasteiger partial charge on any atom is 0.355 e. The Balaban J connectivity index is 3.16. The van der Waals surface area contributed by atoms with Crippen molar-refractivity contribution in [2.24, 2.45) is 4.52 Å². The van der Waals surface area contributed by atoms with E-state index in [1.165, 1.54) is 31.4 Å². The molecule has 0 saturated carbocycles. The van der Waals surface area contributed by atoms with Crippen molar-refractivity contribution in [2.75, 3.05) is 7.11 Å². The van der Waals surface area contributed by atoms with Crippen LogP contribution in [0.2, 0.25) is 0 Å². The number of hydrogen-bond donors (Lipinski definition) is 1. The van der Waals surface area contributed by atoms with Gasteiger partial charge in [0.05, 0.1) is 12.0 Å². The van der Waals surface area contributed by atoms with Gasteiger partial charge in [-0.15, -0.1) is 0 Å². The Morgan fingerprint density at radius 1 is 1.36 bits per heavy atom. The molecule has 6 nitrogen and oxygen atoms in total. The fourth-order valence-electron chi connectivity index (χ4n) is 0.849. The van der Waals surface area contributed by atoms with E-state index in [1.54, 1.807) is 0 Å². The summed E-state index contributed by atoms with van der Waals surface area (Å²) in [6, 6.07) is 5.66. The van der Waals surface area contributed by atoms with Crippen molar-refractivity contribution in [3.63, 3.8) is 0 Å². The minimum absolute atomic E-state index is 0.0192. The molecular formula is C7H8N3O3S+. The topological polar surface area (TPSA) is 93.7 Å². The molecule has 0 saturated heterocycles. The lowest BCUT2D eigenvalue weighted by atomic mass is 10.3. The molecule has 0 atom stereocenters. The summed E-state index contributed by atoms with van der Waals surface area (Å²) in [6.45, 7) is 0. The maximum absolute atomic E-state index is 11.2. The van der Waals surface area contributed by atoms with Gasteiger partial charge in [0.15, 0.2) is 0 Å². The highest BCUT2D eigenvalue weighted by atomic mass is 32.2. The molecule has 0 unspecified atom stereocenters. The molecule has 0 fully saturated rings. The Morgan fingerprint density at radius 3 is 2.36 bits per heavy atom. The highest BCUT2D eigenvalue weighted by Gasteiger charge is 2.18. The number of ether oxygens (including phenoxy) is 1. The Hall–Kier alpha value is -1.72. The van der Waals surface area contributed by atoms with Gasteiger partial charge in [0.25, 0.3) is 4.52 Å². The monoisotopic (exact) mass is 214 g/mol. The lowest BCUT2D eigenvalue weighted by Crippen LogP contribution is -1.96. The minimum atomic E-state index is -3.82. The predicted octanol–water partition coefficient (Wildman–Crippen LogP) is 0.934. The van der Waals surface area contributed by atoms with Crippen molar-refractivity contribution >= 4 is 10.0 Å². The summed E-state index contributed by atoms with van der Waals surface area (Å²) in [7, 11) is -2.34. The van der Waals surface area contributed by atoms with Crippen molar-refractivity contribution in [3.8, 4) is 5.75 Å². The van der Waals surface area contributed by atoms with Crippen molar-refractivity contribution in [1.82, 2.24) is 4.91 Å². The van der Waals surface area contributed by atoms with Crippen LogP contribution in [0.4, 0.5) is 0 Å². The van der Waals surface area contributed by atoms with E-state index in [2.05, 4.69) is 9.43 Å². The molecule has 14 heavy (non-hydrogen) atoms. The summed E-state index contributed by atoms with van der Waals surface area (Å²) < 4.78 is 30.1. The van der Waals surface area contributed by atoms with E-state index in [0.717, 1.165) is 0 Å². The molecule has 1 rings (SSSR count). The summed E-state index contributed by atoms with van der Waals surface area (Å²) in [4.78, 5) is 2.46. The molecule has 0 aliphatic rings. The average Bonchev–Trinajstić information content (AvgIpc) is 2.18. The molecule has 0 aromatic heterocycles. The average molecular weight is 214 g/mol. The van der Waals surface area contributed by atoms with Crippen LogP contribution in [-0.2, 0) is 10.0 Å². The summed E-state index contributed by atoms with van der Waals surface area (Å²) >= 11 is 0. The first-order valence-electron chi connectivity index (χ1n) is 3.58. The van der Waals surface area contributed by atoms with Gasteiger partial charge >= 0.3 is 10.0 Å². The second kappa shape index (κ2) is 3.99. The van der Waals surface area contributed by atoms with E-state index in [9.17, 15) is 8.42 Å². The Kier molecular flexibility index (Phi) is 2.95. The zero-order valence-corrected chi connectivity index (χ0v) is 8.15.